The summed E-state index contributed by atoms with van der Waals surface area (Å²) >= 11 is -1.82. The zero-order valence-electron chi connectivity index (χ0n) is 20.0. The van der Waals surface area contributed by atoms with Crippen LogP contribution in [-0.2, 0) is 11.2 Å². The van der Waals surface area contributed by atoms with Crippen molar-refractivity contribution in [2.45, 2.75) is 46.6 Å². The molecule has 0 bridgehead atoms. The molecule has 2 heterocycles. The first-order valence-corrected chi connectivity index (χ1v) is 11.7. The van der Waals surface area contributed by atoms with Gasteiger partial charge < -0.3 is 25.1 Å². The number of hydrogen-bond donors (Lipinski definition) is 3. The number of furan rings is 1. The fourth-order valence-corrected chi connectivity index (χ4v) is 3.92. The summed E-state index contributed by atoms with van der Waals surface area (Å²) in [6.07, 6.45) is 1.74. The predicted molar refractivity (Wildman–Crippen MR) is 131 cm³/mol. The maximum Gasteiger partial charge on any atom is 0.269 e. The lowest BCUT2D eigenvalue weighted by molar-refractivity contribution is 0.0824. The number of amidine groups is 2. The largest absolute Gasteiger partial charge is 0.505 e. The molecule has 0 saturated carbocycles. The molecule has 1 aromatic carbocycles. The van der Waals surface area contributed by atoms with Gasteiger partial charge in [-0.15, -0.1) is 8.80 Å². The third-order valence-corrected chi connectivity index (χ3v) is 5.90. The summed E-state index contributed by atoms with van der Waals surface area (Å²) in [5.74, 6) is 0.954. The van der Waals surface area contributed by atoms with Crippen LogP contribution in [0.3, 0.4) is 0 Å². The van der Waals surface area contributed by atoms with E-state index in [0.29, 0.717) is 5.92 Å². The number of anilines is 1. The topological polar surface area (TPSA) is 120 Å². The van der Waals surface area contributed by atoms with Crippen LogP contribution in [0, 0.1) is 5.41 Å². The van der Waals surface area contributed by atoms with Gasteiger partial charge in [0, 0.05) is 14.1 Å². The maximum atomic E-state index is 12.3. The number of benzene rings is 1. The lowest BCUT2D eigenvalue weighted by Crippen LogP contribution is -2.41. The molecule has 9 nitrogen and oxygen atoms in total. The highest BCUT2D eigenvalue weighted by molar-refractivity contribution is 7.83. The molecule has 2 atom stereocenters. The van der Waals surface area contributed by atoms with Gasteiger partial charge >= 0.3 is 0 Å². The van der Waals surface area contributed by atoms with Crippen molar-refractivity contribution in [3.63, 3.8) is 0 Å². The van der Waals surface area contributed by atoms with Gasteiger partial charge in [0.05, 0.1) is 23.6 Å². The number of nitrogens with zero attached hydrogens (tertiary/aromatic N) is 3. The molecule has 0 radical (unpaired) electrons. The van der Waals surface area contributed by atoms with Gasteiger partial charge in [0.15, 0.2) is 17.4 Å². The minimum absolute atomic E-state index is 0.139. The van der Waals surface area contributed by atoms with Crippen LogP contribution in [0.25, 0.3) is 0 Å². The molecule has 1 aromatic heterocycles. The van der Waals surface area contributed by atoms with Crippen LogP contribution in [0.15, 0.2) is 43.7 Å². The van der Waals surface area contributed by atoms with E-state index in [4.69, 9.17) is 4.42 Å². The van der Waals surface area contributed by atoms with Crippen LogP contribution in [0.5, 0.6) is 5.75 Å². The number of carbonyl (C=O) groups excluding carboxylic acids is 1. The molecule has 3 rings (SSSR count). The monoisotopic (exact) mass is 473 g/mol. The molecule has 0 aliphatic carbocycles. The lowest BCUT2D eigenvalue weighted by Gasteiger charge is -2.30. The molecule has 1 aliphatic rings. The van der Waals surface area contributed by atoms with Gasteiger partial charge in [-0.05, 0) is 35.1 Å². The number of amides is 1. The van der Waals surface area contributed by atoms with E-state index in [1.165, 1.54) is 11.0 Å². The van der Waals surface area contributed by atoms with Crippen LogP contribution in [0.2, 0.25) is 0 Å². The molecule has 0 fully saturated rings. The molecule has 0 spiro atoms. The third-order valence-electron chi connectivity index (χ3n) is 5.23. The Bertz CT molecular complexity index is 1130. The van der Waals surface area contributed by atoms with Gasteiger partial charge in [-0.3, -0.25) is 4.79 Å². The number of rotatable bonds is 5. The lowest BCUT2D eigenvalue weighted by atomic mass is 9.84. The van der Waals surface area contributed by atoms with E-state index >= 15 is 0 Å². The Kier molecular flexibility index (Phi) is 6.97. The highest BCUT2D eigenvalue weighted by Crippen LogP contribution is 2.35. The normalized spacial score (nSPS) is 16.9. The Morgan fingerprint density at radius 1 is 1.18 bits per heavy atom. The summed E-state index contributed by atoms with van der Waals surface area (Å²) < 4.78 is 26.2. The Labute approximate surface area is 196 Å². The van der Waals surface area contributed by atoms with E-state index in [-0.39, 0.29) is 46.0 Å². The van der Waals surface area contributed by atoms with E-state index in [1.54, 1.807) is 32.5 Å². The predicted octanol–water partition coefficient (Wildman–Crippen LogP) is 3.99. The van der Waals surface area contributed by atoms with Gasteiger partial charge in [-0.25, -0.2) is 4.21 Å². The average Bonchev–Trinajstić information content (AvgIpc) is 3.33. The molecular weight excluding hydrogens is 442 g/mol. The van der Waals surface area contributed by atoms with Crippen LogP contribution in [0.1, 0.15) is 68.3 Å². The third kappa shape index (κ3) is 5.44. The summed E-state index contributed by atoms with van der Waals surface area (Å²) in [5.41, 5.74) is 1.20. The molecule has 1 aliphatic heterocycles. The average molecular weight is 474 g/mol. The van der Waals surface area contributed by atoms with Crippen molar-refractivity contribution in [1.82, 2.24) is 10.2 Å². The molecule has 2 aromatic rings. The SMILES string of the molecule is CC(C)c1coc(C(NC2=NS(=O)N=C2Nc2cccc(C(=O)N(C)C)c2O)C(C)(C)C)c1. The fourth-order valence-electron chi connectivity index (χ4n) is 3.30. The zero-order valence-corrected chi connectivity index (χ0v) is 20.8. The second-order valence-corrected chi connectivity index (χ2v) is 10.3. The number of para-hydroxylation sites is 1. The highest BCUT2D eigenvalue weighted by atomic mass is 32.2. The smallest absolute Gasteiger partial charge is 0.269 e. The zero-order chi connectivity index (χ0) is 24.5. The van der Waals surface area contributed by atoms with E-state index in [2.05, 4.69) is 54.0 Å². The molecule has 33 heavy (non-hydrogen) atoms. The molecule has 10 heteroatoms. The standard InChI is InChI=1S/C23H31N5O4S/c1-13(2)14-11-17(32-12-14)19(23(3,4)5)25-21-20(26-33(31)27-21)24-16-10-8-9-15(18(16)29)22(30)28(6)7/h8-13,19,29H,1-7H3,(H,24,26)(H,25,27). The van der Waals surface area contributed by atoms with E-state index in [1.807, 2.05) is 6.07 Å². The second kappa shape index (κ2) is 9.38. The van der Waals surface area contributed by atoms with Crippen LogP contribution in [-0.4, -0.2) is 45.9 Å². The van der Waals surface area contributed by atoms with Gasteiger partial charge in [0.1, 0.15) is 5.76 Å². The Morgan fingerprint density at radius 2 is 1.85 bits per heavy atom. The second-order valence-electron chi connectivity index (χ2n) is 9.52. The molecule has 178 valence electrons. The first kappa shape index (κ1) is 24.5. The van der Waals surface area contributed by atoms with Crippen LogP contribution < -0.4 is 10.6 Å². The number of carbonyl (C=O) groups is 1. The van der Waals surface area contributed by atoms with Gasteiger partial charge in [0.25, 0.3) is 17.1 Å². The van der Waals surface area contributed by atoms with Gasteiger partial charge in [-0.2, -0.15) is 0 Å². The first-order valence-electron chi connectivity index (χ1n) is 10.6. The number of phenolic OH excluding ortho intramolecular Hbond substituents is 1. The number of phenols is 1. The maximum absolute atomic E-state index is 12.3. The van der Waals surface area contributed by atoms with Crippen LogP contribution >= 0.6 is 0 Å². The van der Waals surface area contributed by atoms with E-state index in [0.717, 1.165) is 11.3 Å². The van der Waals surface area contributed by atoms with Crippen molar-refractivity contribution < 1.29 is 18.5 Å². The quantitative estimate of drug-likeness (QED) is 0.565. The van der Waals surface area contributed by atoms with Crippen molar-refractivity contribution >= 4 is 34.4 Å². The Morgan fingerprint density at radius 3 is 2.42 bits per heavy atom. The summed E-state index contributed by atoms with van der Waals surface area (Å²) in [6, 6.07) is 6.49. The summed E-state index contributed by atoms with van der Waals surface area (Å²) in [7, 11) is 3.21. The van der Waals surface area contributed by atoms with Crippen molar-refractivity contribution in [3.8, 4) is 5.75 Å². The molecule has 0 saturated heterocycles. The van der Waals surface area contributed by atoms with Crippen LogP contribution in [0.4, 0.5) is 5.69 Å². The highest BCUT2D eigenvalue weighted by Gasteiger charge is 2.33. The summed E-state index contributed by atoms with van der Waals surface area (Å²) in [4.78, 5) is 13.7. The summed E-state index contributed by atoms with van der Waals surface area (Å²) in [6.45, 7) is 10.4. The first-order chi connectivity index (χ1) is 15.4. The number of aromatic hydroxyl groups is 1. The van der Waals surface area contributed by atoms with Crippen molar-refractivity contribution in [3.05, 3.63) is 47.4 Å². The number of hydrogen-bond acceptors (Lipinski definition) is 6. The Hall–Kier alpha value is -3.14. The fraction of sp³-hybridized carbons (Fsp3) is 0.435. The van der Waals surface area contributed by atoms with Gasteiger partial charge in [0.2, 0.25) is 0 Å². The molecular formula is C23H31N5O4S. The minimum atomic E-state index is -1.82. The van der Waals surface area contributed by atoms with E-state index < -0.39 is 11.2 Å². The molecule has 3 N–H and O–H groups in total. The van der Waals surface area contributed by atoms with E-state index in [9.17, 15) is 14.1 Å². The van der Waals surface area contributed by atoms with Gasteiger partial charge in [-0.1, -0.05) is 40.7 Å². The Balaban J connectivity index is 1.89. The number of nitrogens with one attached hydrogen (secondary N) is 2. The van der Waals surface area contributed by atoms with Crippen molar-refractivity contribution in [2.24, 2.45) is 14.2 Å². The van der Waals surface area contributed by atoms with Crippen molar-refractivity contribution in [1.29, 1.82) is 0 Å². The minimum Gasteiger partial charge on any atom is -0.505 e. The molecule has 1 amide bonds. The van der Waals surface area contributed by atoms with Crippen molar-refractivity contribution in [2.75, 3.05) is 19.4 Å². The summed E-state index contributed by atoms with van der Waals surface area (Å²) in [5, 5.41) is 16.9. The molecule has 2 unspecified atom stereocenters.